The van der Waals surface area contributed by atoms with E-state index in [1.165, 1.54) is 36.8 Å². The van der Waals surface area contributed by atoms with Crippen LogP contribution in [0.3, 0.4) is 0 Å². The third-order valence-electron chi connectivity index (χ3n) is 6.36. The number of fused-ring (bicyclic) bond motifs is 1. The molecule has 3 nitrogen and oxygen atoms in total. The predicted molar refractivity (Wildman–Crippen MR) is 90.7 cm³/mol. The van der Waals surface area contributed by atoms with Gasteiger partial charge in [0, 0.05) is 18.0 Å². The van der Waals surface area contributed by atoms with Crippen molar-refractivity contribution in [1.82, 2.24) is 4.90 Å². The largest absolute Gasteiger partial charge is 0.491 e. The molecule has 1 aromatic rings. The van der Waals surface area contributed by atoms with Crippen molar-refractivity contribution in [2.75, 3.05) is 6.54 Å². The van der Waals surface area contributed by atoms with Gasteiger partial charge in [0.2, 0.25) is 6.41 Å². The number of benzene rings is 1. The van der Waals surface area contributed by atoms with Crippen molar-refractivity contribution in [3.8, 4) is 5.75 Å². The molecular formula is C20H27NO2. The van der Waals surface area contributed by atoms with Crippen molar-refractivity contribution in [2.45, 2.75) is 69.9 Å². The normalized spacial score (nSPS) is 32.2. The summed E-state index contributed by atoms with van der Waals surface area (Å²) in [5.74, 6) is 1.64. The summed E-state index contributed by atoms with van der Waals surface area (Å²) in [6.45, 7) is 5.08. The van der Waals surface area contributed by atoms with Gasteiger partial charge in [-0.1, -0.05) is 18.9 Å². The average molecular weight is 313 g/mol. The Hall–Kier alpha value is -1.51. The molecule has 0 radical (unpaired) electrons. The van der Waals surface area contributed by atoms with Crippen molar-refractivity contribution >= 4 is 6.41 Å². The topological polar surface area (TPSA) is 29.5 Å². The number of ether oxygens (including phenoxy) is 1. The molecular weight excluding hydrogens is 286 g/mol. The Kier molecular flexibility index (Phi) is 3.62. The average Bonchev–Trinajstić information content (AvgIpc) is 2.55. The van der Waals surface area contributed by atoms with Crippen LogP contribution in [0.4, 0.5) is 0 Å². The van der Waals surface area contributed by atoms with Crippen molar-refractivity contribution < 1.29 is 9.53 Å². The Bertz CT molecular complexity index is 612. The minimum atomic E-state index is 0.209. The lowest BCUT2D eigenvalue weighted by Crippen LogP contribution is -2.60. The molecule has 124 valence electrons. The van der Waals surface area contributed by atoms with Gasteiger partial charge >= 0.3 is 0 Å². The molecule has 1 amide bonds. The first-order valence-corrected chi connectivity index (χ1v) is 9.15. The fourth-order valence-corrected chi connectivity index (χ4v) is 5.49. The van der Waals surface area contributed by atoms with E-state index in [0.717, 1.165) is 31.5 Å². The molecule has 3 heteroatoms. The van der Waals surface area contributed by atoms with Crippen LogP contribution in [0, 0.1) is 5.92 Å². The van der Waals surface area contributed by atoms with Crippen molar-refractivity contribution in [3.05, 3.63) is 29.3 Å². The van der Waals surface area contributed by atoms with E-state index >= 15 is 0 Å². The van der Waals surface area contributed by atoms with Crippen LogP contribution in [0.5, 0.6) is 5.75 Å². The van der Waals surface area contributed by atoms with Crippen LogP contribution in [0.25, 0.3) is 0 Å². The molecule has 3 aliphatic rings. The molecule has 1 saturated carbocycles. The molecule has 2 bridgehead atoms. The Morgan fingerprint density at radius 2 is 2.17 bits per heavy atom. The summed E-state index contributed by atoms with van der Waals surface area (Å²) >= 11 is 0. The predicted octanol–water partition coefficient (Wildman–Crippen LogP) is 3.69. The van der Waals surface area contributed by atoms with E-state index in [-0.39, 0.29) is 11.5 Å². The van der Waals surface area contributed by atoms with Gasteiger partial charge in [0.25, 0.3) is 0 Å². The maximum atomic E-state index is 11.5. The van der Waals surface area contributed by atoms with Crippen molar-refractivity contribution in [3.63, 3.8) is 0 Å². The molecule has 4 rings (SSSR count). The van der Waals surface area contributed by atoms with Crippen molar-refractivity contribution in [1.29, 1.82) is 0 Å². The highest BCUT2D eigenvalue weighted by Crippen LogP contribution is 2.55. The van der Waals surface area contributed by atoms with Crippen LogP contribution in [0.1, 0.15) is 57.1 Å². The molecule has 2 fully saturated rings. The van der Waals surface area contributed by atoms with E-state index in [4.69, 9.17) is 4.74 Å². The molecule has 0 N–H and O–H groups in total. The highest BCUT2D eigenvalue weighted by molar-refractivity contribution is 5.52. The van der Waals surface area contributed by atoms with Gasteiger partial charge in [-0.2, -0.15) is 0 Å². The zero-order valence-corrected chi connectivity index (χ0v) is 14.3. The molecule has 23 heavy (non-hydrogen) atoms. The molecule has 2 aliphatic carbocycles. The Morgan fingerprint density at radius 3 is 2.96 bits per heavy atom. The third kappa shape index (κ3) is 2.28. The first-order valence-electron chi connectivity index (χ1n) is 9.15. The summed E-state index contributed by atoms with van der Waals surface area (Å²) in [6.07, 6.45) is 8.60. The van der Waals surface area contributed by atoms with Crippen LogP contribution >= 0.6 is 0 Å². The number of amides is 1. The summed E-state index contributed by atoms with van der Waals surface area (Å²) in [7, 11) is 0. The SMILES string of the molecule is CC(C)Oc1ccc2c(c1)[C@@]13CCCCC1[C@@H](C2)N(C=O)CC3. The summed E-state index contributed by atoms with van der Waals surface area (Å²) in [5, 5.41) is 0. The van der Waals surface area contributed by atoms with Crippen LogP contribution < -0.4 is 4.74 Å². The highest BCUT2D eigenvalue weighted by Gasteiger charge is 2.53. The first-order chi connectivity index (χ1) is 11.1. The fourth-order valence-electron chi connectivity index (χ4n) is 5.49. The lowest BCUT2D eigenvalue weighted by molar-refractivity contribution is -0.126. The zero-order chi connectivity index (χ0) is 16.0. The second-order valence-corrected chi connectivity index (χ2v) is 7.86. The van der Waals surface area contributed by atoms with Crippen LogP contribution in [-0.4, -0.2) is 30.0 Å². The highest BCUT2D eigenvalue weighted by atomic mass is 16.5. The van der Waals surface area contributed by atoms with Gasteiger partial charge < -0.3 is 9.64 Å². The Labute approximate surface area is 139 Å². The maximum Gasteiger partial charge on any atom is 0.209 e. The number of hydrogen-bond acceptors (Lipinski definition) is 2. The lowest BCUT2D eigenvalue weighted by Gasteiger charge is -2.58. The van der Waals surface area contributed by atoms with Crippen molar-refractivity contribution in [2.24, 2.45) is 5.92 Å². The van der Waals surface area contributed by atoms with E-state index < -0.39 is 0 Å². The van der Waals surface area contributed by atoms with Gasteiger partial charge in [0.1, 0.15) is 5.75 Å². The molecule has 1 saturated heterocycles. The molecule has 3 atom stereocenters. The molecule has 0 spiro atoms. The summed E-state index contributed by atoms with van der Waals surface area (Å²) in [5.41, 5.74) is 3.25. The lowest BCUT2D eigenvalue weighted by atomic mass is 9.52. The van der Waals surface area contributed by atoms with Gasteiger partial charge in [-0.05, 0) is 68.7 Å². The molecule has 1 aromatic carbocycles. The van der Waals surface area contributed by atoms with Gasteiger partial charge in [-0.15, -0.1) is 0 Å². The monoisotopic (exact) mass is 313 g/mol. The minimum Gasteiger partial charge on any atom is -0.491 e. The maximum absolute atomic E-state index is 11.5. The van der Waals surface area contributed by atoms with E-state index in [1.54, 1.807) is 0 Å². The van der Waals surface area contributed by atoms with Gasteiger partial charge in [0.15, 0.2) is 0 Å². The minimum absolute atomic E-state index is 0.209. The van der Waals surface area contributed by atoms with E-state index in [9.17, 15) is 4.79 Å². The number of piperidine rings is 1. The Morgan fingerprint density at radius 1 is 1.30 bits per heavy atom. The number of hydrogen-bond donors (Lipinski definition) is 0. The molecule has 1 aliphatic heterocycles. The van der Waals surface area contributed by atoms with E-state index in [2.05, 4.69) is 36.9 Å². The second-order valence-electron chi connectivity index (χ2n) is 7.86. The summed E-state index contributed by atoms with van der Waals surface area (Å²) < 4.78 is 5.97. The van der Waals surface area contributed by atoms with E-state index in [1.807, 2.05) is 0 Å². The molecule has 1 unspecified atom stereocenters. The molecule has 1 heterocycles. The second kappa shape index (κ2) is 5.54. The quantitative estimate of drug-likeness (QED) is 0.797. The first kappa shape index (κ1) is 15.0. The smallest absolute Gasteiger partial charge is 0.209 e. The molecule has 0 aromatic heterocycles. The number of rotatable bonds is 3. The fraction of sp³-hybridized carbons (Fsp3) is 0.650. The van der Waals surface area contributed by atoms with Gasteiger partial charge in [-0.25, -0.2) is 0 Å². The van der Waals surface area contributed by atoms with Crippen LogP contribution in [0.2, 0.25) is 0 Å². The Balaban J connectivity index is 1.80. The summed E-state index contributed by atoms with van der Waals surface area (Å²) in [6, 6.07) is 7.09. The summed E-state index contributed by atoms with van der Waals surface area (Å²) in [4.78, 5) is 13.6. The van der Waals surface area contributed by atoms with Gasteiger partial charge in [0.05, 0.1) is 6.10 Å². The number of carbonyl (C=O) groups is 1. The van der Waals surface area contributed by atoms with Crippen LogP contribution in [0.15, 0.2) is 18.2 Å². The van der Waals surface area contributed by atoms with E-state index in [0.29, 0.717) is 12.0 Å². The standard InChI is InChI=1S/C20H27NO2/c1-14(2)23-16-7-6-15-11-19-17-5-3-4-8-20(17,18(15)12-16)9-10-21(19)13-22/h6-7,12-14,17,19H,3-5,8-11H2,1-2H3/t17?,19-,20-/m1/s1. The van der Waals surface area contributed by atoms with Gasteiger partial charge in [-0.3, -0.25) is 4.79 Å². The zero-order valence-electron chi connectivity index (χ0n) is 14.3. The van der Waals surface area contributed by atoms with Crippen LogP contribution in [-0.2, 0) is 16.6 Å². The number of carbonyl (C=O) groups excluding carboxylic acids is 1. The third-order valence-corrected chi connectivity index (χ3v) is 6.36. The number of likely N-dealkylation sites (tertiary alicyclic amines) is 1. The number of nitrogens with zero attached hydrogens (tertiary/aromatic N) is 1.